The van der Waals surface area contributed by atoms with Gasteiger partial charge in [-0.3, -0.25) is 9.69 Å². The van der Waals surface area contributed by atoms with Crippen LogP contribution in [0, 0.1) is 5.92 Å². The van der Waals surface area contributed by atoms with E-state index in [9.17, 15) is 9.90 Å². The summed E-state index contributed by atoms with van der Waals surface area (Å²) in [7, 11) is 0. The molecule has 1 aromatic heterocycles. The molecule has 0 bridgehead atoms. The van der Waals surface area contributed by atoms with Crippen molar-refractivity contribution in [2.75, 3.05) is 26.2 Å². The van der Waals surface area contributed by atoms with E-state index in [0.29, 0.717) is 19.1 Å². The first kappa shape index (κ1) is 14.2. The molecule has 120 valence electrons. The molecule has 3 fully saturated rings. The van der Waals surface area contributed by atoms with Crippen LogP contribution in [-0.2, 0) is 11.3 Å². The highest BCUT2D eigenvalue weighted by atomic mass is 16.3. The average Bonchev–Trinajstić information content (AvgIpc) is 3.39. The summed E-state index contributed by atoms with van der Waals surface area (Å²) < 4.78 is 2.27. The van der Waals surface area contributed by atoms with Gasteiger partial charge in [-0.15, -0.1) is 0 Å². The van der Waals surface area contributed by atoms with Crippen molar-refractivity contribution in [1.29, 1.82) is 0 Å². The molecule has 0 spiro atoms. The van der Waals surface area contributed by atoms with E-state index in [1.165, 1.54) is 12.8 Å². The largest absolute Gasteiger partial charge is 0.390 e. The molecule has 2 aliphatic carbocycles. The number of carbonyl (C=O) groups is 1. The highest BCUT2D eigenvalue weighted by Crippen LogP contribution is 2.35. The molecule has 1 amide bonds. The molecule has 2 heterocycles. The molecule has 0 unspecified atom stereocenters. The first-order valence-electron chi connectivity index (χ1n) is 8.41. The molecule has 6 heteroatoms. The van der Waals surface area contributed by atoms with Gasteiger partial charge in [0.05, 0.1) is 12.6 Å². The smallest absolute Gasteiger partial charge is 0.225 e. The van der Waals surface area contributed by atoms with E-state index in [-0.39, 0.29) is 11.8 Å². The van der Waals surface area contributed by atoms with Gasteiger partial charge in [0.15, 0.2) is 0 Å². The van der Waals surface area contributed by atoms with Crippen LogP contribution < -0.4 is 0 Å². The van der Waals surface area contributed by atoms with Gasteiger partial charge >= 0.3 is 0 Å². The lowest BCUT2D eigenvalue weighted by Crippen LogP contribution is -2.38. The van der Waals surface area contributed by atoms with E-state index < -0.39 is 6.10 Å². The van der Waals surface area contributed by atoms with Gasteiger partial charge in [0.2, 0.25) is 5.91 Å². The molecule has 1 saturated heterocycles. The third kappa shape index (κ3) is 3.03. The van der Waals surface area contributed by atoms with Crippen LogP contribution in [0.15, 0.2) is 12.4 Å². The number of aliphatic hydroxyl groups is 1. The number of β-amino-alcohol motifs (C(OH)–C–C–N with tert-alkyl or cyclic N) is 1. The summed E-state index contributed by atoms with van der Waals surface area (Å²) >= 11 is 0. The maximum absolute atomic E-state index is 12.2. The quantitative estimate of drug-likeness (QED) is 0.886. The average molecular weight is 304 g/mol. The van der Waals surface area contributed by atoms with E-state index >= 15 is 0 Å². The number of aliphatic hydroxyl groups excluding tert-OH is 1. The standard InChI is InChI=1S/C16H24N4O2/c21-14-9-18(7-8-19(10-14)16(22)12-1-2-12)11-15-17-5-6-20(15)13-3-4-13/h5-6,12-14,21H,1-4,7-11H2/t14-/m0/s1. The third-order valence-corrected chi connectivity index (χ3v) is 4.88. The molecular formula is C16H24N4O2. The highest BCUT2D eigenvalue weighted by Gasteiger charge is 2.35. The van der Waals surface area contributed by atoms with Gasteiger partial charge in [-0.05, 0) is 25.7 Å². The second kappa shape index (κ2) is 5.66. The Bertz CT molecular complexity index is 550. The second-order valence-corrected chi connectivity index (χ2v) is 6.93. The van der Waals surface area contributed by atoms with Crippen molar-refractivity contribution in [3.05, 3.63) is 18.2 Å². The van der Waals surface area contributed by atoms with Gasteiger partial charge in [-0.25, -0.2) is 4.98 Å². The van der Waals surface area contributed by atoms with E-state index in [0.717, 1.165) is 38.3 Å². The van der Waals surface area contributed by atoms with Gasteiger partial charge < -0.3 is 14.6 Å². The predicted molar refractivity (Wildman–Crippen MR) is 81.1 cm³/mol. The summed E-state index contributed by atoms with van der Waals surface area (Å²) in [6, 6.07) is 0.627. The maximum Gasteiger partial charge on any atom is 0.225 e. The molecule has 1 N–H and O–H groups in total. The van der Waals surface area contributed by atoms with E-state index in [2.05, 4.69) is 20.6 Å². The first-order valence-corrected chi connectivity index (χ1v) is 8.41. The van der Waals surface area contributed by atoms with Gasteiger partial charge in [0, 0.05) is 50.5 Å². The van der Waals surface area contributed by atoms with E-state index in [1.54, 1.807) is 0 Å². The van der Waals surface area contributed by atoms with Crippen molar-refractivity contribution in [2.24, 2.45) is 5.92 Å². The van der Waals surface area contributed by atoms with Crippen molar-refractivity contribution in [3.63, 3.8) is 0 Å². The van der Waals surface area contributed by atoms with Crippen molar-refractivity contribution >= 4 is 5.91 Å². The molecule has 0 aromatic carbocycles. The molecule has 6 nitrogen and oxygen atoms in total. The number of hydrogen-bond acceptors (Lipinski definition) is 4. The topological polar surface area (TPSA) is 61.6 Å². The maximum atomic E-state index is 12.2. The Morgan fingerprint density at radius 3 is 2.77 bits per heavy atom. The minimum Gasteiger partial charge on any atom is -0.390 e. The Morgan fingerprint density at radius 2 is 2.05 bits per heavy atom. The zero-order valence-corrected chi connectivity index (χ0v) is 12.9. The van der Waals surface area contributed by atoms with Crippen LogP contribution in [0.5, 0.6) is 0 Å². The van der Waals surface area contributed by atoms with Gasteiger partial charge in [-0.1, -0.05) is 0 Å². The summed E-state index contributed by atoms with van der Waals surface area (Å²) in [6.45, 7) is 3.38. The minimum absolute atomic E-state index is 0.229. The number of rotatable bonds is 4. The van der Waals surface area contributed by atoms with E-state index in [1.807, 2.05) is 11.1 Å². The van der Waals surface area contributed by atoms with Crippen molar-refractivity contribution in [1.82, 2.24) is 19.4 Å². The van der Waals surface area contributed by atoms with E-state index in [4.69, 9.17) is 0 Å². The van der Waals surface area contributed by atoms with Crippen LogP contribution in [-0.4, -0.2) is 62.6 Å². The van der Waals surface area contributed by atoms with Crippen LogP contribution in [0.3, 0.4) is 0 Å². The summed E-state index contributed by atoms with van der Waals surface area (Å²) in [4.78, 5) is 20.8. The molecule has 1 atom stereocenters. The SMILES string of the molecule is O=C(C1CC1)N1CCN(Cc2nccn2C2CC2)C[C@H](O)C1. The number of hydrogen-bond donors (Lipinski definition) is 1. The first-order chi connectivity index (χ1) is 10.7. The van der Waals surface area contributed by atoms with Crippen LogP contribution in [0.25, 0.3) is 0 Å². The number of amides is 1. The molecule has 3 aliphatic rings. The summed E-state index contributed by atoms with van der Waals surface area (Å²) in [5.41, 5.74) is 0. The Kier molecular flexibility index (Phi) is 3.66. The number of imidazole rings is 1. The summed E-state index contributed by atoms with van der Waals surface area (Å²) in [5, 5.41) is 10.2. The van der Waals surface area contributed by atoms with Crippen LogP contribution in [0.4, 0.5) is 0 Å². The lowest BCUT2D eigenvalue weighted by Gasteiger charge is -2.21. The fourth-order valence-electron chi connectivity index (χ4n) is 3.34. The number of aromatic nitrogens is 2. The second-order valence-electron chi connectivity index (χ2n) is 6.93. The zero-order valence-electron chi connectivity index (χ0n) is 12.9. The summed E-state index contributed by atoms with van der Waals surface area (Å²) in [5.74, 6) is 1.55. The van der Waals surface area contributed by atoms with Crippen molar-refractivity contribution < 1.29 is 9.90 Å². The fourth-order valence-corrected chi connectivity index (χ4v) is 3.34. The van der Waals surface area contributed by atoms with Crippen LogP contribution >= 0.6 is 0 Å². The van der Waals surface area contributed by atoms with Crippen molar-refractivity contribution in [2.45, 2.75) is 44.4 Å². The molecule has 1 aliphatic heterocycles. The monoisotopic (exact) mass is 304 g/mol. The van der Waals surface area contributed by atoms with Gasteiger partial charge in [0.1, 0.15) is 5.82 Å². The molecular weight excluding hydrogens is 280 g/mol. The normalized spacial score (nSPS) is 27.0. The molecule has 4 rings (SSSR count). The Hall–Kier alpha value is -1.40. The molecule has 22 heavy (non-hydrogen) atoms. The van der Waals surface area contributed by atoms with Gasteiger partial charge in [0.25, 0.3) is 0 Å². The van der Waals surface area contributed by atoms with Crippen LogP contribution in [0.2, 0.25) is 0 Å². The van der Waals surface area contributed by atoms with Crippen molar-refractivity contribution in [3.8, 4) is 0 Å². The number of nitrogens with zero attached hydrogens (tertiary/aromatic N) is 4. The Labute approximate surface area is 130 Å². The van der Waals surface area contributed by atoms with Gasteiger partial charge in [-0.2, -0.15) is 0 Å². The fraction of sp³-hybridized carbons (Fsp3) is 0.750. The van der Waals surface area contributed by atoms with Crippen LogP contribution in [0.1, 0.15) is 37.5 Å². The Balaban J connectivity index is 1.40. The summed E-state index contributed by atoms with van der Waals surface area (Å²) in [6.07, 6.45) is 8.00. The third-order valence-electron chi connectivity index (χ3n) is 4.88. The molecule has 0 radical (unpaired) electrons. The Morgan fingerprint density at radius 1 is 1.23 bits per heavy atom. The molecule has 2 saturated carbocycles. The lowest BCUT2D eigenvalue weighted by molar-refractivity contribution is -0.133. The highest BCUT2D eigenvalue weighted by molar-refractivity contribution is 5.81. The predicted octanol–water partition coefficient (Wildman–Crippen LogP) is 0.633. The number of carbonyl (C=O) groups excluding carboxylic acids is 1. The minimum atomic E-state index is -0.463. The zero-order chi connectivity index (χ0) is 15.1. The lowest BCUT2D eigenvalue weighted by atomic mass is 10.3. The molecule has 1 aromatic rings.